The summed E-state index contributed by atoms with van der Waals surface area (Å²) < 4.78 is 0. The number of nitrogens with one attached hydrogen (secondary N) is 1. The maximum atomic E-state index is 9.90. The first-order chi connectivity index (χ1) is 16.0. The molecule has 0 aliphatic heterocycles. The Morgan fingerprint density at radius 1 is 0.636 bits per heavy atom. The van der Waals surface area contributed by atoms with Gasteiger partial charge in [-0.2, -0.15) is 0 Å². The average molecular weight is 471 g/mol. The van der Waals surface area contributed by atoms with Gasteiger partial charge < -0.3 is 21.3 Å². The van der Waals surface area contributed by atoms with Gasteiger partial charge in [-0.15, -0.1) is 0 Å². The number of rotatable bonds is 24. The van der Waals surface area contributed by atoms with Crippen LogP contribution in [0.2, 0.25) is 0 Å². The molecule has 0 saturated heterocycles. The maximum Gasteiger partial charge on any atom is 0.303 e. The third-order valence-corrected chi connectivity index (χ3v) is 5.45. The highest BCUT2D eigenvalue weighted by molar-refractivity contribution is 5.67. The van der Waals surface area contributed by atoms with E-state index in [0.29, 0.717) is 12.8 Å². The van der Waals surface area contributed by atoms with Crippen LogP contribution in [0.25, 0.3) is 0 Å². The van der Waals surface area contributed by atoms with Crippen molar-refractivity contribution >= 4 is 11.9 Å². The van der Waals surface area contributed by atoms with Crippen molar-refractivity contribution in [2.75, 3.05) is 19.6 Å². The number of carboxylic acid groups (broad SMARTS) is 2. The summed E-state index contributed by atoms with van der Waals surface area (Å²) in [5.41, 5.74) is 5.46. The Morgan fingerprint density at radius 2 is 1.06 bits per heavy atom. The van der Waals surface area contributed by atoms with E-state index in [1.165, 1.54) is 96.4 Å². The Hall–Kier alpha value is -1.40. The van der Waals surface area contributed by atoms with E-state index >= 15 is 0 Å². The zero-order valence-corrected chi connectivity index (χ0v) is 21.5. The number of allylic oxidation sites excluding steroid dienone is 2. The number of carboxylic acids is 2. The van der Waals surface area contributed by atoms with Gasteiger partial charge >= 0.3 is 11.9 Å². The van der Waals surface area contributed by atoms with Gasteiger partial charge in [0.1, 0.15) is 0 Å². The van der Waals surface area contributed by atoms with Gasteiger partial charge in [-0.3, -0.25) is 9.59 Å². The molecule has 0 aromatic rings. The molecular formula is C27H54N2O4. The third-order valence-electron chi connectivity index (χ3n) is 5.45. The fourth-order valence-corrected chi connectivity index (χ4v) is 3.40. The van der Waals surface area contributed by atoms with Crippen LogP contribution in [-0.2, 0) is 9.59 Å². The van der Waals surface area contributed by atoms with E-state index in [0.717, 1.165) is 19.5 Å². The average Bonchev–Trinajstić information content (AvgIpc) is 2.78. The van der Waals surface area contributed by atoms with E-state index in [2.05, 4.69) is 24.4 Å². The second kappa shape index (κ2) is 30.6. The summed E-state index contributed by atoms with van der Waals surface area (Å²) in [5, 5.41) is 19.7. The summed E-state index contributed by atoms with van der Waals surface area (Å²) in [7, 11) is 0. The standard InChI is InChI=1S/C21H44N2.C6H10O4/c1-2-3-4-5-6-7-8-9-10-11-12-13-14-15-16-17-20-23-21-18-19-22;7-5(8)3-1-2-4-6(9)10/h9-10,23H,2-8,11-22H2,1H3;1-4H2,(H,7,8)(H,9,10)/b10-9-;. The van der Waals surface area contributed by atoms with E-state index in [-0.39, 0.29) is 12.8 Å². The monoisotopic (exact) mass is 470 g/mol. The summed E-state index contributed by atoms with van der Waals surface area (Å²) in [6.07, 6.45) is 26.3. The van der Waals surface area contributed by atoms with Gasteiger partial charge in [-0.25, -0.2) is 0 Å². The second-order valence-electron chi connectivity index (χ2n) is 8.82. The van der Waals surface area contributed by atoms with Crippen LogP contribution in [0, 0.1) is 0 Å². The predicted octanol–water partition coefficient (Wildman–Crippen LogP) is 6.68. The van der Waals surface area contributed by atoms with Gasteiger partial charge in [-0.1, -0.05) is 76.9 Å². The van der Waals surface area contributed by atoms with Gasteiger partial charge in [0.2, 0.25) is 0 Å². The van der Waals surface area contributed by atoms with Crippen LogP contribution in [0.4, 0.5) is 0 Å². The third kappa shape index (κ3) is 38.2. The predicted molar refractivity (Wildman–Crippen MR) is 140 cm³/mol. The summed E-state index contributed by atoms with van der Waals surface area (Å²) in [6.45, 7) is 5.34. The molecular weight excluding hydrogens is 416 g/mol. The number of unbranched alkanes of at least 4 members (excludes halogenated alkanes) is 13. The van der Waals surface area contributed by atoms with Crippen molar-refractivity contribution in [1.29, 1.82) is 0 Å². The van der Waals surface area contributed by atoms with Gasteiger partial charge in [0.15, 0.2) is 0 Å². The molecule has 0 spiro atoms. The van der Waals surface area contributed by atoms with E-state index in [4.69, 9.17) is 15.9 Å². The topological polar surface area (TPSA) is 113 Å². The zero-order chi connectivity index (χ0) is 24.8. The lowest BCUT2D eigenvalue weighted by molar-refractivity contribution is -0.139. The molecule has 0 aromatic carbocycles. The fraction of sp³-hybridized carbons (Fsp3) is 0.852. The molecule has 6 heteroatoms. The SMILES string of the molecule is CCCCCCCC/C=C\CCCCCCCCNCCCN.O=C(O)CCCCC(=O)O. The van der Waals surface area contributed by atoms with Crippen molar-refractivity contribution in [3.8, 4) is 0 Å². The minimum atomic E-state index is -0.870. The highest BCUT2D eigenvalue weighted by atomic mass is 16.4. The van der Waals surface area contributed by atoms with Crippen LogP contribution in [-0.4, -0.2) is 41.8 Å². The van der Waals surface area contributed by atoms with Crippen molar-refractivity contribution in [2.45, 2.75) is 129 Å². The minimum absolute atomic E-state index is 0.0628. The summed E-state index contributed by atoms with van der Waals surface area (Å²) in [5.74, 6) is -1.74. The molecule has 0 atom stereocenters. The molecule has 0 unspecified atom stereocenters. The molecule has 33 heavy (non-hydrogen) atoms. The highest BCUT2D eigenvalue weighted by Gasteiger charge is 1.99. The number of nitrogens with two attached hydrogens (primary N) is 1. The molecule has 0 saturated carbocycles. The van der Waals surface area contributed by atoms with Crippen LogP contribution in [0.1, 0.15) is 129 Å². The van der Waals surface area contributed by atoms with E-state index in [1.807, 2.05) is 0 Å². The first-order valence-corrected chi connectivity index (χ1v) is 13.5. The maximum absolute atomic E-state index is 9.90. The molecule has 0 amide bonds. The summed E-state index contributed by atoms with van der Waals surface area (Å²) >= 11 is 0. The van der Waals surface area contributed by atoms with Crippen molar-refractivity contribution in [2.24, 2.45) is 5.73 Å². The van der Waals surface area contributed by atoms with Gasteiger partial charge in [0, 0.05) is 12.8 Å². The molecule has 0 aliphatic carbocycles. The summed E-state index contributed by atoms with van der Waals surface area (Å²) in [4.78, 5) is 19.8. The number of hydrogen-bond acceptors (Lipinski definition) is 4. The Balaban J connectivity index is 0. The molecule has 0 fully saturated rings. The van der Waals surface area contributed by atoms with Crippen LogP contribution >= 0.6 is 0 Å². The molecule has 0 bridgehead atoms. The van der Waals surface area contributed by atoms with Crippen LogP contribution < -0.4 is 11.1 Å². The van der Waals surface area contributed by atoms with E-state index < -0.39 is 11.9 Å². The number of carbonyl (C=O) groups is 2. The lowest BCUT2D eigenvalue weighted by Gasteiger charge is -2.03. The van der Waals surface area contributed by atoms with Crippen LogP contribution in [0.15, 0.2) is 12.2 Å². The lowest BCUT2D eigenvalue weighted by Crippen LogP contribution is -2.19. The Bertz CT molecular complexity index is 426. The first kappa shape index (κ1) is 33.8. The molecule has 0 aromatic heterocycles. The Morgan fingerprint density at radius 3 is 1.52 bits per heavy atom. The molecule has 6 nitrogen and oxygen atoms in total. The van der Waals surface area contributed by atoms with Gasteiger partial charge in [0.25, 0.3) is 0 Å². The first-order valence-electron chi connectivity index (χ1n) is 13.5. The Kier molecular flexibility index (Phi) is 31.3. The largest absolute Gasteiger partial charge is 0.481 e. The van der Waals surface area contributed by atoms with E-state index in [1.54, 1.807) is 0 Å². The molecule has 0 heterocycles. The van der Waals surface area contributed by atoms with Crippen LogP contribution in [0.3, 0.4) is 0 Å². The Labute approximate surface area is 203 Å². The molecule has 0 rings (SSSR count). The smallest absolute Gasteiger partial charge is 0.303 e. The molecule has 5 N–H and O–H groups in total. The quantitative estimate of drug-likeness (QED) is 0.0924. The lowest BCUT2D eigenvalue weighted by atomic mass is 10.1. The zero-order valence-electron chi connectivity index (χ0n) is 21.5. The van der Waals surface area contributed by atoms with E-state index in [9.17, 15) is 9.59 Å². The molecule has 196 valence electrons. The van der Waals surface area contributed by atoms with Gasteiger partial charge in [0.05, 0.1) is 0 Å². The number of aliphatic carboxylic acids is 2. The van der Waals surface area contributed by atoms with Crippen LogP contribution in [0.5, 0.6) is 0 Å². The van der Waals surface area contributed by atoms with Crippen molar-refractivity contribution in [3.63, 3.8) is 0 Å². The van der Waals surface area contributed by atoms with Crippen molar-refractivity contribution < 1.29 is 19.8 Å². The minimum Gasteiger partial charge on any atom is -0.481 e. The van der Waals surface area contributed by atoms with Gasteiger partial charge in [-0.05, 0) is 71.0 Å². The normalized spacial score (nSPS) is 10.8. The second-order valence-corrected chi connectivity index (χ2v) is 8.82. The fourth-order valence-electron chi connectivity index (χ4n) is 3.40. The van der Waals surface area contributed by atoms with Crippen molar-refractivity contribution in [1.82, 2.24) is 5.32 Å². The van der Waals surface area contributed by atoms with Crippen molar-refractivity contribution in [3.05, 3.63) is 12.2 Å². The highest BCUT2D eigenvalue weighted by Crippen LogP contribution is 2.09. The summed E-state index contributed by atoms with van der Waals surface area (Å²) in [6, 6.07) is 0. The molecule has 0 radical (unpaired) electrons. The molecule has 0 aliphatic rings. The number of hydrogen-bond donors (Lipinski definition) is 4.